The fourth-order valence-corrected chi connectivity index (χ4v) is 3.25. The molecule has 160 valence electrons. The number of benzene rings is 1. The number of unbranched alkanes of at least 4 members (excludes halogenated alkanes) is 1. The van der Waals surface area contributed by atoms with Crippen molar-refractivity contribution >= 4 is 19.3 Å². The molecule has 2 N–H and O–H groups in total. The van der Waals surface area contributed by atoms with E-state index >= 15 is 0 Å². The molecule has 0 bridgehead atoms. The van der Waals surface area contributed by atoms with E-state index in [9.17, 15) is 0 Å². The van der Waals surface area contributed by atoms with E-state index in [-0.39, 0.29) is 26.0 Å². The van der Waals surface area contributed by atoms with Gasteiger partial charge in [-0.1, -0.05) is 25.1 Å². The first kappa shape index (κ1) is 23.6. The van der Waals surface area contributed by atoms with Crippen molar-refractivity contribution in [2.45, 2.75) is 32.1 Å². The molecular weight excluding hydrogens is 396 g/mol. The average molecular weight is 427 g/mol. The van der Waals surface area contributed by atoms with Gasteiger partial charge in [-0.3, -0.25) is 4.98 Å². The second kappa shape index (κ2) is 12.1. The molecule has 6 nitrogen and oxygen atoms in total. The number of methoxy groups -OCH3 is 1. The second-order valence-electron chi connectivity index (χ2n) is 7.03. The van der Waals surface area contributed by atoms with E-state index in [1.807, 2.05) is 36.5 Å². The molecule has 3 rings (SSSR count). The summed E-state index contributed by atoms with van der Waals surface area (Å²) >= 11 is 0. The lowest BCUT2D eigenvalue weighted by molar-refractivity contribution is 0.284. The number of aliphatic hydroxyl groups is 1. The molecule has 0 aliphatic carbocycles. The van der Waals surface area contributed by atoms with Gasteiger partial charge in [0, 0.05) is 42.6 Å². The monoisotopic (exact) mass is 426 g/mol. The maximum absolute atomic E-state index is 8.95. The molecule has 1 aromatic carbocycles. The highest BCUT2D eigenvalue weighted by molar-refractivity contribution is 7.59. The first-order valence-corrected chi connectivity index (χ1v) is 9.96. The fraction of sp³-hybridized carbons (Fsp3) is 0.348. The number of hydrogen-bond acceptors (Lipinski definition) is 6. The zero-order chi connectivity index (χ0) is 20.5. The van der Waals surface area contributed by atoms with Gasteiger partial charge in [0.15, 0.2) is 0 Å². The Kier molecular flexibility index (Phi) is 9.57. The molecule has 7 heteroatoms. The molecule has 1 atom stereocenters. The molecule has 3 aromatic rings. The summed E-state index contributed by atoms with van der Waals surface area (Å²) in [5.74, 6) is 1.95. The minimum absolute atomic E-state index is 0. The van der Waals surface area contributed by atoms with Crippen molar-refractivity contribution in [3.05, 3.63) is 66.2 Å². The van der Waals surface area contributed by atoms with Gasteiger partial charge in [0.25, 0.3) is 0 Å². The van der Waals surface area contributed by atoms with Crippen LogP contribution in [0.5, 0.6) is 5.75 Å². The van der Waals surface area contributed by atoms with Gasteiger partial charge in [-0.25, -0.2) is 9.97 Å². The predicted octanol–water partition coefficient (Wildman–Crippen LogP) is 4.19. The normalized spacial score (nSPS) is 11.4. The predicted molar refractivity (Wildman–Crippen MR) is 126 cm³/mol. The Morgan fingerprint density at radius 3 is 2.70 bits per heavy atom. The molecule has 0 saturated carbocycles. The summed E-state index contributed by atoms with van der Waals surface area (Å²) in [5, 5.41) is 12.4. The summed E-state index contributed by atoms with van der Waals surface area (Å²) in [5.41, 5.74) is 4.05. The molecule has 0 saturated heterocycles. The van der Waals surface area contributed by atoms with Crippen LogP contribution in [0.15, 0.2) is 55.0 Å². The number of rotatable bonds is 10. The Morgan fingerprint density at radius 1 is 1.07 bits per heavy atom. The van der Waals surface area contributed by atoms with Crippen molar-refractivity contribution < 1.29 is 9.84 Å². The van der Waals surface area contributed by atoms with Crippen LogP contribution in [-0.4, -0.2) is 40.3 Å². The number of hydrogen-bond donors (Lipinski definition) is 2. The zero-order valence-corrected chi connectivity index (χ0v) is 18.5. The Labute approximate surface area is 185 Å². The van der Waals surface area contributed by atoms with Gasteiger partial charge in [-0.05, 0) is 43.0 Å². The third-order valence-corrected chi connectivity index (χ3v) is 4.88. The summed E-state index contributed by atoms with van der Waals surface area (Å²) in [4.78, 5) is 13.2. The molecule has 30 heavy (non-hydrogen) atoms. The molecule has 0 radical (unpaired) electrons. The van der Waals surface area contributed by atoms with E-state index in [1.165, 1.54) is 5.56 Å². The molecule has 0 amide bonds. The average Bonchev–Trinajstić information content (AvgIpc) is 2.78. The lowest BCUT2D eigenvalue weighted by atomic mass is 10.00. The number of anilines is 1. The van der Waals surface area contributed by atoms with Gasteiger partial charge in [-0.2, -0.15) is 13.5 Å². The molecule has 0 unspecified atom stereocenters. The smallest absolute Gasteiger partial charge is 0.129 e. The van der Waals surface area contributed by atoms with Gasteiger partial charge < -0.3 is 15.2 Å². The van der Waals surface area contributed by atoms with E-state index < -0.39 is 0 Å². The minimum Gasteiger partial charge on any atom is -0.496 e. The molecule has 2 heterocycles. The number of aliphatic hydroxyl groups excluding tert-OH is 1. The number of aromatic nitrogens is 3. The molecule has 0 aliphatic heterocycles. The maximum atomic E-state index is 8.95. The van der Waals surface area contributed by atoms with Gasteiger partial charge in [0.1, 0.15) is 17.9 Å². The van der Waals surface area contributed by atoms with Crippen molar-refractivity contribution in [1.29, 1.82) is 0 Å². The van der Waals surface area contributed by atoms with Crippen LogP contribution in [0.25, 0.3) is 11.3 Å². The first-order chi connectivity index (χ1) is 14.2. The maximum Gasteiger partial charge on any atom is 0.129 e. The highest BCUT2D eigenvalue weighted by Crippen LogP contribution is 2.26. The Bertz CT molecular complexity index is 923. The summed E-state index contributed by atoms with van der Waals surface area (Å²) < 4.78 is 5.47. The van der Waals surface area contributed by atoms with Crippen molar-refractivity contribution in [2.75, 3.05) is 25.6 Å². The second-order valence-corrected chi connectivity index (χ2v) is 7.03. The number of nitrogens with zero attached hydrogens (tertiary/aromatic N) is 3. The number of pyridine rings is 1. The number of ether oxygens (including phenoxy) is 1. The third-order valence-electron chi connectivity index (χ3n) is 4.88. The van der Waals surface area contributed by atoms with E-state index in [4.69, 9.17) is 9.84 Å². The van der Waals surface area contributed by atoms with Crippen LogP contribution in [0, 0.1) is 0 Å². The van der Waals surface area contributed by atoms with Crippen LogP contribution in [-0.2, 0) is 6.42 Å². The van der Waals surface area contributed by atoms with E-state index in [1.54, 1.807) is 13.4 Å². The number of para-hydroxylation sites is 1. The Hall–Kier alpha value is -2.64. The summed E-state index contributed by atoms with van der Waals surface area (Å²) in [6, 6.07) is 14.1. The summed E-state index contributed by atoms with van der Waals surface area (Å²) in [7, 11) is 1.70. The summed E-state index contributed by atoms with van der Waals surface area (Å²) in [6.45, 7) is 3.11. The van der Waals surface area contributed by atoms with Crippen molar-refractivity contribution in [1.82, 2.24) is 15.0 Å². The zero-order valence-electron chi connectivity index (χ0n) is 17.5. The molecule has 2 aromatic heterocycles. The SMILES string of the molecule is COc1ccccc1[C@H](C)CNc1cc(-c2ccnc(CCCCO)c2)ncn1.S. The van der Waals surface area contributed by atoms with Crippen LogP contribution >= 0.6 is 13.5 Å². The van der Waals surface area contributed by atoms with Gasteiger partial charge in [0.05, 0.1) is 12.8 Å². The Morgan fingerprint density at radius 2 is 1.90 bits per heavy atom. The van der Waals surface area contributed by atoms with Gasteiger partial charge in [-0.15, -0.1) is 0 Å². The molecule has 0 spiro atoms. The highest BCUT2D eigenvalue weighted by Gasteiger charge is 2.11. The lowest BCUT2D eigenvalue weighted by Gasteiger charge is -2.16. The van der Waals surface area contributed by atoms with Crippen LogP contribution in [0.3, 0.4) is 0 Å². The van der Waals surface area contributed by atoms with Crippen molar-refractivity contribution in [3.63, 3.8) is 0 Å². The van der Waals surface area contributed by atoms with Crippen LogP contribution in [0.1, 0.15) is 36.9 Å². The van der Waals surface area contributed by atoms with Crippen LogP contribution in [0.4, 0.5) is 5.82 Å². The third kappa shape index (κ3) is 6.43. The van der Waals surface area contributed by atoms with E-state index in [0.717, 1.165) is 54.3 Å². The lowest BCUT2D eigenvalue weighted by Crippen LogP contribution is -2.12. The number of nitrogens with one attached hydrogen (secondary N) is 1. The largest absolute Gasteiger partial charge is 0.496 e. The first-order valence-electron chi connectivity index (χ1n) is 9.96. The highest BCUT2D eigenvalue weighted by atomic mass is 32.1. The van der Waals surface area contributed by atoms with Crippen LogP contribution in [0.2, 0.25) is 0 Å². The minimum atomic E-state index is 0. The van der Waals surface area contributed by atoms with Gasteiger partial charge >= 0.3 is 0 Å². The Balaban J connectivity index is 0.00000320. The van der Waals surface area contributed by atoms with Crippen LogP contribution < -0.4 is 10.1 Å². The van der Waals surface area contributed by atoms with Gasteiger partial charge in [0.2, 0.25) is 0 Å². The topological polar surface area (TPSA) is 80.2 Å². The number of aryl methyl sites for hydroxylation is 1. The molecular formula is C23H30N4O2S. The molecule has 0 aliphatic rings. The summed E-state index contributed by atoms with van der Waals surface area (Å²) in [6.07, 6.45) is 5.95. The fourth-order valence-electron chi connectivity index (χ4n) is 3.25. The van der Waals surface area contributed by atoms with E-state index in [2.05, 4.69) is 39.3 Å². The molecule has 0 fully saturated rings. The van der Waals surface area contributed by atoms with E-state index in [0.29, 0.717) is 0 Å². The van der Waals surface area contributed by atoms with Crippen molar-refractivity contribution in [2.24, 2.45) is 0 Å². The standard InChI is InChI=1S/C23H28N4O2.H2S/c1-17(20-8-3-4-9-22(20)29-2)15-25-23-14-21(26-16-27-23)18-10-11-24-19(13-18)7-5-6-12-28;/h3-4,8-11,13-14,16-17,28H,5-7,12,15H2,1-2H3,(H,25,26,27);1H2/t17-;/m1./s1. The quantitative estimate of drug-likeness (QED) is 0.473. The van der Waals surface area contributed by atoms with Crippen molar-refractivity contribution in [3.8, 4) is 17.0 Å².